The van der Waals surface area contributed by atoms with Gasteiger partial charge in [0.25, 0.3) is 0 Å². The maximum atomic E-state index is 15.2. The van der Waals surface area contributed by atoms with Gasteiger partial charge in [0.05, 0.1) is 12.2 Å². The van der Waals surface area contributed by atoms with Crippen LogP contribution in [0.5, 0.6) is 0 Å². The maximum Gasteiger partial charge on any atom is 0.336 e. The van der Waals surface area contributed by atoms with Gasteiger partial charge < -0.3 is 10.2 Å². The first kappa shape index (κ1) is 68.0. The van der Waals surface area contributed by atoms with Crippen LogP contribution in [0.15, 0.2) is 170 Å². The minimum atomic E-state index is -1.04. The molecule has 0 amide bonds. The summed E-state index contributed by atoms with van der Waals surface area (Å²) >= 11 is 0. The van der Waals surface area contributed by atoms with E-state index in [1.54, 1.807) is 0 Å². The number of hydrogen-bond donors (Lipinski definition) is 2. The molecule has 0 atom stereocenters. The first-order chi connectivity index (χ1) is 42.9. The van der Waals surface area contributed by atoms with Crippen LogP contribution >= 0.6 is 0 Å². The van der Waals surface area contributed by atoms with Gasteiger partial charge in [0.15, 0.2) is 0 Å². The summed E-state index contributed by atoms with van der Waals surface area (Å²) in [6.45, 7) is 54.5. The van der Waals surface area contributed by atoms with E-state index in [-0.39, 0.29) is 55.5 Å². The fraction of sp³-hybridized carbons (Fsp3) is 0.367. The van der Waals surface area contributed by atoms with Crippen LogP contribution in [0.3, 0.4) is 0 Å². The van der Waals surface area contributed by atoms with Gasteiger partial charge >= 0.3 is 5.97 Å². The molecular formula is C90H104O3. The summed E-state index contributed by atoms with van der Waals surface area (Å²) in [7, 11) is 0. The summed E-state index contributed by atoms with van der Waals surface area (Å²) in [5.41, 5.74) is 22.8. The molecule has 0 radical (unpaired) electrons. The molecule has 0 aromatic heterocycles. The molecule has 0 heterocycles. The third-order valence-corrected chi connectivity index (χ3v) is 19.3. The van der Waals surface area contributed by atoms with Crippen LogP contribution in [0.4, 0.5) is 0 Å². The molecule has 0 unspecified atom stereocenters. The van der Waals surface area contributed by atoms with E-state index in [2.05, 4.69) is 318 Å². The Kier molecular flexibility index (Phi) is 17.5. The average Bonchev–Trinajstić information content (AvgIpc) is 0.735. The Bertz CT molecular complexity index is 4240. The van der Waals surface area contributed by atoms with Crippen LogP contribution in [-0.4, -0.2) is 16.2 Å². The van der Waals surface area contributed by atoms with Gasteiger partial charge in [-0.05, 0) is 236 Å². The molecule has 0 aliphatic carbocycles. The molecule has 0 saturated heterocycles. The van der Waals surface area contributed by atoms with Gasteiger partial charge in [0, 0.05) is 5.56 Å². The van der Waals surface area contributed by atoms with Gasteiger partial charge in [-0.1, -0.05) is 287 Å². The number of aliphatic hydroxyl groups excluding tert-OH is 1. The number of carbonyl (C=O) groups is 1. The standard InChI is InChI=1S/C90H104O3/c1-83(2,3)66-39-60(40-67(49-66)84(4,5)6)56-33-57(61-41-68(85(7,8)9)50-69(42-61)86(10,11)12)36-64(35-56)76-47-54-29-25-27-31-74(54)79(78(76)53-91)80-75-32-28-26-30-55(75)48-77(81(80)82(92)93)65-37-58(62-43-70(87(13,14)15)51-71(44-62)88(16,17)18)34-59(38-65)63-45-72(89(19,20)21)52-73(46-63)90(22,23)24/h25-52,91H,53H2,1-24H3,(H,92,93). The number of benzene rings is 10. The zero-order chi connectivity index (χ0) is 68.2. The predicted molar refractivity (Wildman–Crippen MR) is 402 cm³/mol. The Morgan fingerprint density at radius 1 is 0.280 bits per heavy atom. The van der Waals surface area contributed by atoms with Crippen LogP contribution < -0.4 is 0 Å². The molecule has 10 aromatic rings. The predicted octanol–water partition coefficient (Wildman–Crippen LogP) is 25.2. The van der Waals surface area contributed by atoms with E-state index in [0.717, 1.165) is 82.7 Å². The molecule has 3 heteroatoms. The van der Waals surface area contributed by atoms with Gasteiger partial charge in [0.1, 0.15) is 0 Å². The third-order valence-electron chi connectivity index (χ3n) is 19.3. The van der Waals surface area contributed by atoms with Crippen molar-refractivity contribution in [1.82, 2.24) is 0 Å². The number of fused-ring (bicyclic) bond motifs is 2. The lowest BCUT2D eigenvalue weighted by Gasteiger charge is -2.27. The van der Waals surface area contributed by atoms with E-state index >= 15 is 4.79 Å². The van der Waals surface area contributed by atoms with Crippen LogP contribution in [-0.2, 0) is 49.9 Å². The Morgan fingerprint density at radius 2 is 0.505 bits per heavy atom. The molecule has 10 aromatic carbocycles. The van der Waals surface area contributed by atoms with Crippen LogP contribution in [0.25, 0.3) is 99.4 Å². The second kappa shape index (κ2) is 23.9. The van der Waals surface area contributed by atoms with Crippen LogP contribution in [0, 0.1) is 0 Å². The minimum Gasteiger partial charge on any atom is -0.478 e. The van der Waals surface area contributed by atoms with Crippen LogP contribution in [0.1, 0.15) is 227 Å². The van der Waals surface area contributed by atoms with Gasteiger partial charge in [-0.2, -0.15) is 0 Å². The molecule has 0 aliphatic rings. The third kappa shape index (κ3) is 14.2. The first-order valence-electron chi connectivity index (χ1n) is 33.8. The molecule has 0 saturated carbocycles. The second-order valence-corrected chi connectivity index (χ2v) is 35.2. The van der Waals surface area contributed by atoms with E-state index in [4.69, 9.17) is 0 Å². The number of rotatable bonds is 9. The van der Waals surface area contributed by atoms with E-state index in [1.165, 1.54) is 44.5 Å². The molecule has 0 fully saturated rings. The monoisotopic (exact) mass is 1230 g/mol. The van der Waals surface area contributed by atoms with Gasteiger partial charge in [-0.15, -0.1) is 0 Å². The summed E-state index contributed by atoms with van der Waals surface area (Å²) in [5, 5.41) is 28.5. The molecule has 482 valence electrons. The Labute approximate surface area is 558 Å². The maximum absolute atomic E-state index is 15.2. The topological polar surface area (TPSA) is 57.5 Å². The molecule has 10 rings (SSSR count). The van der Waals surface area contributed by atoms with Crippen molar-refractivity contribution < 1.29 is 15.0 Å². The van der Waals surface area contributed by atoms with Crippen molar-refractivity contribution >= 4 is 27.5 Å². The molecule has 0 spiro atoms. The first-order valence-corrected chi connectivity index (χ1v) is 33.8. The number of aliphatic hydroxyl groups is 1. The van der Waals surface area contributed by atoms with Crippen LogP contribution in [0.2, 0.25) is 0 Å². The average molecular weight is 1230 g/mol. The Hall–Kier alpha value is -7.85. The Morgan fingerprint density at radius 3 is 0.763 bits per heavy atom. The molecular weight excluding hydrogens is 1130 g/mol. The normalized spacial score (nSPS) is 13.1. The lowest BCUT2D eigenvalue weighted by Crippen LogP contribution is -2.16. The van der Waals surface area contributed by atoms with E-state index in [0.29, 0.717) is 22.3 Å². The quantitative estimate of drug-likeness (QED) is 0.151. The molecule has 3 nitrogen and oxygen atoms in total. The van der Waals surface area contributed by atoms with Gasteiger partial charge in [-0.25, -0.2) is 4.79 Å². The fourth-order valence-corrected chi connectivity index (χ4v) is 13.0. The highest BCUT2D eigenvalue weighted by molar-refractivity contribution is 6.18. The summed E-state index contributed by atoms with van der Waals surface area (Å²) < 4.78 is 0. The molecule has 93 heavy (non-hydrogen) atoms. The summed E-state index contributed by atoms with van der Waals surface area (Å²) in [4.78, 5) is 15.2. The lowest BCUT2D eigenvalue weighted by atomic mass is 9.77. The highest BCUT2D eigenvalue weighted by Crippen LogP contribution is 2.50. The molecule has 0 bridgehead atoms. The summed E-state index contributed by atoms with van der Waals surface area (Å²) in [6.07, 6.45) is 0. The zero-order valence-electron chi connectivity index (χ0n) is 60.7. The van der Waals surface area contributed by atoms with Crippen molar-refractivity contribution in [1.29, 1.82) is 0 Å². The minimum absolute atomic E-state index is 0.126. The Balaban J connectivity index is 1.35. The largest absolute Gasteiger partial charge is 0.478 e. The van der Waals surface area contributed by atoms with E-state index in [9.17, 15) is 10.2 Å². The van der Waals surface area contributed by atoms with Gasteiger partial charge in [0.2, 0.25) is 0 Å². The smallest absolute Gasteiger partial charge is 0.336 e. The SMILES string of the molecule is CC(C)(C)c1cc(-c2cc(-c3cc(C(C)(C)C)cc(C(C)(C)C)c3)cc(-c3cc4ccccc4c(-c4c(C(=O)O)c(-c5cc(-c6cc(C(C)(C)C)cc(C(C)(C)C)c6)cc(-c6cc(C(C)(C)C)cc(C(C)(C)C)c6)c5)cc5ccccc45)c3CO)c2)cc(C(C)(C)C)c1. The molecule has 2 N–H and O–H groups in total. The highest BCUT2D eigenvalue weighted by Gasteiger charge is 2.31. The van der Waals surface area contributed by atoms with Gasteiger partial charge in [-0.3, -0.25) is 0 Å². The van der Waals surface area contributed by atoms with E-state index < -0.39 is 5.97 Å². The number of carboxylic acid groups (broad SMARTS) is 1. The lowest BCUT2D eigenvalue weighted by molar-refractivity contribution is 0.0698. The fourth-order valence-electron chi connectivity index (χ4n) is 13.0. The van der Waals surface area contributed by atoms with E-state index in [1.807, 2.05) is 18.2 Å². The molecule has 0 aliphatic heterocycles. The second-order valence-electron chi connectivity index (χ2n) is 35.2. The van der Waals surface area contributed by atoms with Crippen molar-refractivity contribution in [2.75, 3.05) is 0 Å². The number of aromatic carboxylic acids is 1. The van der Waals surface area contributed by atoms with Crippen molar-refractivity contribution in [3.63, 3.8) is 0 Å². The summed E-state index contributed by atoms with van der Waals surface area (Å²) in [5.74, 6) is -1.04. The van der Waals surface area contributed by atoms with Crippen molar-refractivity contribution in [3.05, 3.63) is 225 Å². The van der Waals surface area contributed by atoms with Crippen molar-refractivity contribution in [2.45, 2.75) is 216 Å². The van der Waals surface area contributed by atoms with Crippen molar-refractivity contribution in [3.8, 4) is 77.9 Å². The zero-order valence-corrected chi connectivity index (χ0v) is 60.7. The number of hydrogen-bond acceptors (Lipinski definition) is 2. The number of carboxylic acids is 1. The highest BCUT2D eigenvalue weighted by atomic mass is 16.4. The summed E-state index contributed by atoms with van der Waals surface area (Å²) in [6, 6.07) is 63.0. The van der Waals surface area contributed by atoms with Crippen molar-refractivity contribution in [2.24, 2.45) is 0 Å².